The van der Waals surface area contributed by atoms with Crippen LogP contribution in [0.4, 0.5) is 4.79 Å². The van der Waals surface area contributed by atoms with Crippen molar-refractivity contribution in [2.45, 2.75) is 50.6 Å². The van der Waals surface area contributed by atoms with Crippen LogP contribution in [0.5, 0.6) is 0 Å². The Kier molecular flexibility index (Phi) is 5.33. The number of carboxylic acid groups (broad SMARTS) is 1. The van der Waals surface area contributed by atoms with Gasteiger partial charge in [-0.25, -0.2) is 9.78 Å². The van der Waals surface area contributed by atoms with E-state index in [2.05, 4.69) is 16.7 Å². The maximum atomic E-state index is 12.2. The van der Waals surface area contributed by atoms with Gasteiger partial charge in [0, 0.05) is 24.6 Å². The molecule has 0 bridgehead atoms. The van der Waals surface area contributed by atoms with E-state index in [-0.39, 0.29) is 6.09 Å². The van der Waals surface area contributed by atoms with E-state index in [0.717, 1.165) is 47.2 Å². The number of methoxy groups -OCH3 is 1. The van der Waals surface area contributed by atoms with Gasteiger partial charge in [-0.05, 0) is 36.5 Å². The lowest BCUT2D eigenvalue weighted by atomic mass is 9.84. The lowest BCUT2D eigenvalue weighted by molar-refractivity contribution is -0.139. The Morgan fingerprint density at radius 1 is 1.19 bits per heavy atom. The molecule has 0 unspecified atom stereocenters. The van der Waals surface area contributed by atoms with Crippen LogP contribution >= 0.6 is 0 Å². The van der Waals surface area contributed by atoms with Crippen LogP contribution in [0.1, 0.15) is 53.6 Å². The first-order valence-corrected chi connectivity index (χ1v) is 11.2. The molecule has 1 aliphatic heterocycles. The van der Waals surface area contributed by atoms with E-state index in [9.17, 15) is 14.7 Å². The molecule has 1 aromatic heterocycles. The second-order valence-electron chi connectivity index (χ2n) is 8.72. The number of aromatic nitrogens is 2. The number of imidazole rings is 1. The Morgan fingerprint density at radius 2 is 1.97 bits per heavy atom. The maximum Gasteiger partial charge on any atom is 0.409 e. The number of fused-ring (bicyclic) bond motifs is 3. The van der Waals surface area contributed by atoms with Crippen LogP contribution in [-0.2, 0) is 29.0 Å². The van der Waals surface area contributed by atoms with E-state index in [0.29, 0.717) is 25.6 Å². The molecular formula is C25H27N3O4. The average molecular weight is 434 g/mol. The highest BCUT2D eigenvalue weighted by Gasteiger charge is 2.31. The molecular weight excluding hydrogens is 406 g/mol. The van der Waals surface area contributed by atoms with Gasteiger partial charge in [-0.3, -0.25) is 4.79 Å². The summed E-state index contributed by atoms with van der Waals surface area (Å²) >= 11 is 0. The standard InChI is InChI=1S/C25H27N3O4/c1-32-25(31)27-13-12-17-10-11-21-22(19(17)14-27)26-23(18-8-5-9-18)28(21)15-20(24(29)30)16-6-3-2-4-7-16/h2-4,6-7,10-11,18,20H,5,8-9,12-15H2,1H3,(H,29,30)/t20-/m0/s1. The summed E-state index contributed by atoms with van der Waals surface area (Å²) in [5.41, 5.74) is 4.86. The molecule has 1 atom stereocenters. The quantitative estimate of drug-likeness (QED) is 0.649. The molecule has 166 valence electrons. The van der Waals surface area contributed by atoms with Crippen LogP contribution in [0.3, 0.4) is 0 Å². The highest BCUT2D eigenvalue weighted by atomic mass is 16.5. The number of ether oxygens (including phenoxy) is 1. The van der Waals surface area contributed by atoms with E-state index < -0.39 is 11.9 Å². The van der Waals surface area contributed by atoms with Gasteiger partial charge in [0.05, 0.1) is 30.6 Å². The fourth-order valence-electron chi connectivity index (χ4n) is 4.89. The molecule has 7 nitrogen and oxygen atoms in total. The Morgan fingerprint density at radius 3 is 2.62 bits per heavy atom. The van der Waals surface area contributed by atoms with Gasteiger partial charge in [0.15, 0.2) is 0 Å². The Bertz CT molecular complexity index is 1170. The Balaban J connectivity index is 1.60. The van der Waals surface area contributed by atoms with Crippen molar-refractivity contribution in [1.29, 1.82) is 0 Å². The molecule has 1 fully saturated rings. The SMILES string of the molecule is COC(=O)N1CCc2ccc3c(nc(C4CCC4)n3C[C@H](C(=O)O)c3ccccc3)c2C1. The lowest BCUT2D eigenvalue weighted by Gasteiger charge is -2.27. The minimum Gasteiger partial charge on any atom is -0.481 e. The van der Waals surface area contributed by atoms with Crippen molar-refractivity contribution >= 4 is 23.1 Å². The van der Waals surface area contributed by atoms with Crippen LogP contribution in [-0.4, -0.2) is 45.3 Å². The first kappa shape index (κ1) is 20.5. The molecule has 5 rings (SSSR count). The third-order valence-electron chi connectivity index (χ3n) is 6.92. The molecule has 7 heteroatoms. The summed E-state index contributed by atoms with van der Waals surface area (Å²) < 4.78 is 7.05. The summed E-state index contributed by atoms with van der Waals surface area (Å²) in [6, 6.07) is 13.6. The molecule has 2 aliphatic rings. The third kappa shape index (κ3) is 3.51. The van der Waals surface area contributed by atoms with Crippen molar-refractivity contribution in [2.75, 3.05) is 13.7 Å². The minimum absolute atomic E-state index is 0.332. The van der Waals surface area contributed by atoms with Crippen molar-refractivity contribution < 1.29 is 19.4 Å². The normalized spacial score (nSPS) is 17.0. The van der Waals surface area contributed by atoms with Gasteiger partial charge < -0.3 is 19.3 Å². The number of hydrogen-bond acceptors (Lipinski definition) is 4. The van der Waals surface area contributed by atoms with Crippen LogP contribution in [0.2, 0.25) is 0 Å². The van der Waals surface area contributed by atoms with E-state index in [1.54, 1.807) is 4.90 Å². The molecule has 2 heterocycles. The van der Waals surface area contributed by atoms with Gasteiger partial charge in [-0.2, -0.15) is 0 Å². The zero-order valence-corrected chi connectivity index (χ0v) is 18.2. The van der Waals surface area contributed by atoms with Gasteiger partial charge in [0.2, 0.25) is 0 Å². The second kappa shape index (κ2) is 8.30. The van der Waals surface area contributed by atoms with Crippen molar-refractivity contribution in [2.24, 2.45) is 0 Å². The summed E-state index contributed by atoms with van der Waals surface area (Å²) in [4.78, 5) is 31.1. The van der Waals surface area contributed by atoms with E-state index in [1.807, 2.05) is 30.3 Å². The number of benzene rings is 2. The van der Waals surface area contributed by atoms with Crippen LogP contribution < -0.4 is 0 Å². The summed E-state index contributed by atoms with van der Waals surface area (Å²) in [6.45, 7) is 1.42. The topological polar surface area (TPSA) is 84.7 Å². The fraction of sp³-hybridized carbons (Fsp3) is 0.400. The van der Waals surface area contributed by atoms with Crippen molar-refractivity contribution in [3.8, 4) is 0 Å². The number of amides is 1. The van der Waals surface area contributed by atoms with Gasteiger partial charge in [0.1, 0.15) is 5.82 Å². The number of hydrogen-bond donors (Lipinski definition) is 1. The Hall–Kier alpha value is -3.35. The minimum atomic E-state index is -0.840. The summed E-state index contributed by atoms with van der Waals surface area (Å²) in [7, 11) is 1.40. The van der Waals surface area contributed by atoms with Crippen molar-refractivity contribution in [3.05, 3.63) is 65.0 Å². The van der Waals surface area contributed by atoms with E-state index >= 15 is 0 Å². The van der Waals surface area contributed by atoms with Gasteiger partial charge in [-0.1, -0.05) is 42.8 Å². The zero-order chi connectivity index (χ0) is 22.2. The third-order valence-corrected chi connectivity index (χ3v) is 6.92. The number of carboxylic acids is 1. The molecule has 0 radical (unpaired) electrons. The van der Waals surface area contributed by atoms with Crippen molar-refractivity contribution in [1.82, 2.24) is 14.5 Å². The molecule has 1 N–H and O–H groups in total. The highest BCUT2D eigenvalue weighted by Crippen LogP contribution is 2.39. The second-order valence-corrected chi connectivity index (χ2v) is 8.72. The Labute approximate surface area is 186 Å². The first-order valence-electron chi connectivity index (χ1n) is 11.2. The number of carbonyl (C=O) groups excluding carboxylic acids is 1. The number of carbonyl (C=O) groups is 2. The van der Waals surface area contributed by atoms with E-state index in [4.69, 9.17) is 9.72 Å². The molecule has 1 aliphatic carbocycles. The molecule has 32 heavy (non-hydrogen) atoms. The average Bonchev–Trinajstić information content (AvgIpc) is 3.13. The summed E-state index contributed by atoms with van der Waals surface area (Å²) in [5, 5.41) is 10.0. The largest absolute Gasteiger partial charge is 0.481 e. The molecule has 1 amide bonds. The van der Waals surface area contributed by atoms with Gasteiger partial charge in [0.25, 0.3) is 0 Å². The molecule has 0 spiro atoms. The highest BCUT2D eigenvalue weighted by molar-refractivity contribution is 5.83. The lowest BCUT2D eigenvalue weighted by Crippen LogP contribution is -2.35. The van der Waals surface area contributed by atoms with E-state index in [1.165, 1.54) is 19.1 Å². The zero-order valence-electron chi connectivity index (χ0n) is 18.2. The monoisotopic (exact) mass is 433 g/mol. The number of aliphatic carboxylic acids is 1. The predicted octanol–water partition coefficient (Wildman–Crippen LogP) is 4.30. The molecule has 0 saturated heterocycles. The van der Waals surface area contributed by atoms with Crippen LogP contribution in [0.15, 0.2) is 42.5 Å². The van der Waals surface area contributed by atoms with Gasteiger partial charge >= 0.3 is 12.1 Å². The van der Waals surface area contributed by atoms with Crippen molar-refractivity contribution in [3.63, 3.8) is 0 Å². The smallest absolute Gasteiger partial charge is 0.409 e. The van der Waals surface area contributed by atoms with Crippen LogP contribution in [0.25, 0.3) is 11.0 Å². The fourth-order valence-corrected chi connectivity index (χ4v) is 4.89. The van der Waals surface area contributed by atoms with Gasteiger partial charge in [-0.15, -0.1) is 0 Å². The number of nitrogens with zero attached hydrogens (tertiary/aromatic N) is 3. The first-order chi connectivity index (χ1) is 15.6. The maximum absolute atomic E-state index is 12.2. The molecule has 3 aromatic rings. The summed E-state index contributed by atoms with van der Waals surface area (Å²) in [5.74, 6) is -0.178. The molecule has 2 aromatic carbocycles. The van der Waals surface area contributed by atoms with Crippen LogP contribution in [0, 0.1) is 0 Å². The summed E-state index contributed by atoms with van der Waals surface area (Å²) in [6.07, 6.45) is 3.74. The predicted molar refractivity (Wildman–Crippen MR) is 120 cm³/mol. The number of rotatable bonds is 5. The molecule has 1 saturated carbocycles.